The third-order valence-electron chi connectivity index (χ3n) is 3.84. The van der Waals surface area contributed by atoms with E-state index < -0.39 is 0 Å². The van der Waals surface area contributed by atoms with Crippen LogP contribution in [0.4, 0.5) is 5.69 Å². The predicted molar refractivity (Wildman–Crippen MR) is 88.3 cm³/mol. The number of halogens is 2. The number of nitrogens with zero attached hydrogens (tertiary/aromatic N) is 1. The first-order chi connectivity index (χ1) is 9.99. The molecular weight excluding hydrogens is 327 g/mol. The molecule has 1 aliphatic heterocycles. The van der Waals surface area contributed by atoms with Crippen LogP contribution in [0.3, 0.4) is 0 Å². The molecule has 0 fully saturated rings. The summed E-state index contributed by atoms with van der Waals surface area (Å²) in [4.78, 5) is 15.9. The van der Waals surface area contributed by atoms with Crippen molar-refractivity contribution in [3.05, 3.63) is 49.6 Å². The maximum Gasteiger partial charge on any atom is 0.254 e. The molecule has 1 aliphatic rings. The Hall–Kier alpha value is -1.23. The second kappa shape index (κ2) is 5.52. The maximum atomic E-state index is 12.7. The van der Waals surface area contributed by atoms with Crippen LogP contribution in [0.2, 0.25) is 10.0 Å². The summed E-state index contributed by atoms with van der Waals surface area (Å²) in [7, 11) is 0. The van der Waals surface area contributed by atoms with Crippen molar-refractivity contribution in [3.8, 4) is 0 Å². The number of carbonyl (C=O) groups is 1. The number of nitrogen functional groups attached to an aromatic ring is 1. The SMILES string of the molecule is CC1c2ccsc2CCN1C(=O)c1cc(N)c(Cl)c(Cl)c1. The summed E-state index contributed by atoms with van der Waals surface area (Å²) < 4.78 is 0. The zero-order valence-electron chi connectivity index (χ0n) is 11.4. The van der Waals surface area contributed by atoms with Gasteiger partial charge in [0.25, 0.3) is 5.91 Å². The van der Waals surface area contributed by atoms with Crippen LogP contribution in [0.1, 0.15) is 33.8 Å². The lowest BCUT2D eigenvalue weighted by Gasteiger charge is -2.33. The molecule has 0 saturated heterocycles. The number of rotatable bonds is 1. The zero-order chi connectivity index (χ0) is 15.1. The molecule has 1 unspecified atom stereocenters. The van der Waals surface area contributed by atoms with Gasteiger partial charge >= 0.3 is 0 Å². The third-order valence-corrected chi connectivity index (χ3v) is 5.65. The van der Waals surface area contributed by atoms with E-state index in [-0.39, 0.29) is 11.9 Å². The summed E-state index contributed by atoms with van der Waals surface area (Å²) in [5.41, 5.74) is 7.83. The lowest BCUT2D eigenvalue weighted by atomic mass is 10.0. The Morgan fingerprint density at radius 3 is 2.90 bits per heavy atom. The number of anilines is 1. The second-order valence-corrected chi connectivity index (χ2v) is 6.87. The second-order valence-electron chi connectivity index (χ2n) is 5.08. The van der Waals surface area contributed by atoms with Gasteiger partial charge < -0.3 is 10.6 Å². The molecule has 0 aliphatic carbocycles. The quantitative estimate of drug-likeness (QED) is 0.782. The van der Waals surface area contributed by atoms with Crippen LogP contribution in [-0.4, -0.2) is 17.4 Å². The predicted octanol–water partition coefficient (Wildman–Crippen LogP) is 4.40. The highest BCUT2D eigenvalue weighted by Crippen LogP contribution is 2.35. The molecule has 3 nitrogen and oxygen atoms in total. The lowest BCUT2D eigenvalue weighted by Crippen LogP contribution is -2.38. The van der Waals surface area contributed by atoms with Crippen molar-refractivity contribution < 1.29 is 4.79 Å². The molecule has 110 valence electrons. The van der Waals surface area contributed by atoms with E-state index in [1.807, 2.05) is 11.8 Å². The first kappa shape index (κ1) is 14.7. The number of thiophene rings is 1. The Morgan fingerprint density at radius 2 is 2.19 bits per heavy atom. The summed E-state index contributed by atoms with van der Waals surface area (Å²) in [5.74, 6) is -0.0652. The Kier molecular flexibility index (Phi) is 3.86. The molecule has 0 spiro atoms. The first-order valence-electron chi connectivity index (χ1n) is 6.60. The summed E-state index contributed by atoms with van der Waals surface area (Å²) in [6.07, 6.45) is 0.889. The van der Waals surface area contributed by atoms with Crippen molar-refractivity contribution in [1.29, 1.82) is 0 Å². The molecule has 0 bridgehead atoms. The van der Waals surface area contributed by atoms with E-state index in [0.717, 1.165) is 6.42 Å². The van der Waals surface area contributed by atoms with E-state index in [0.29, 0.717) is 27.8 Å². The molecule has 0 radical (unpaired) electrons. The van der Waals surface area contributed by atoms with Gasteiger partial charge in [-0.25, -0.2) is 0 Å². The molecule has 1 aromatic carbocycles. The highest BCUT2D eigenvalue weighted by Gasteiger charge is 2.29. The summed E-state index contributed by atoms with van der Waals surface area (Å²) in [6.45, 7) is 2.75. The van der Waals surface area contributed by atoms with Crippen molar-refractivity contribution >= 4 is 46.1 Å². The standard InChI is InChI=1S/C15H14Cl2N2OS/c1-8-10-3-5-21-13(10)2-4-19(8)15(20)9-6-11(16)14(17)12(18)7-9/h3,5-8H,2,4,18H2,1H3. The topological polar surface area (TPSA) is 46.3 Å². The van der Waals surface area contributed by atoms with Crippen LogP contribution in [0.25, 0.3) is 0 Å². The Balaban J connectivity index is 1.93. The smallest absolute Gasteiger partial charge is 0.254 e. The fourth-order valence-corrected chi connectivity index (χ4v) is 3.99. The highest BCUT2D eigenvalue weighted by molar-refractivity contribution is 7.10. The molecule has 2 N–H and O–H groups in total. The number of benzene rings is 1. The van der Waals surface area contributed by atoms with Gasteiger partial charge in [-0.15, -0.1) is 11.3 Å². The number of nitrogens with two attached hydrogens (primary N) is 1. The fourth-order valence-electron chi connectivity index (χ4n) is 2.69. The summed E-state index contributed by atoms with van der Waals surface area (Å²) >= 11 is 13.7. The Bertz CT molecular complexity index is 690. The van der Waals surface area contributed by atoms with Gasteiger partial charge in [0.1, 0.15) is 0 Å². The van der Waals surface area contributed by atoms with Crippen molar-refractivity contribution in [1.82, 2.24) is 4.90 Å². The van der Waals surface area contributed by atoms with Crippen LogP contribution in [0.5, 0.6) is 0 Å². The molecule has 1 aromatic heterocycles. The maximum absolute atomic E-state index is 12.7. The molecule has 3 rings (SSSR count). The van der Waals surface area contributed by atoms with Crippen molar-refractivity contribution in [2.75, 3.05) is 12.3 Å². The van der Waals surface area contributed by atoms with E-state index in [9.17, 15) is 4.79 Å². The minimum absolute atomic E-state index is 0.0585. The summed E-state index contributed by atoms with van der Waals surface area (Å²) in [5, 5.41) is 2.67. The molecule has 1 amide bonds. The van der Waals surface area contributed by atoms with Crippen molar-refractivity contribution in [2.24, 2.45) is 0 Å². The number of carbonyl (C=O) groups excluding carboxylic acids is 1. The summed E-state index contributed by atoms with van der Waals surface area (Å²) in [6, 6.07) is 5.32. The largest absolute Gasteiger partial charge is 0.397 e. The third kappa shape index (κ3) is 2.52. The van der Waals surface area contributed by atoms with Gasteiger partial charge in [-0.1, -0.05) is 23.2 Å². The normalized spacial score (nSPS) is 17.7. The van der Waals surface area contributed by atoms with E-state index in [1.54, 1.807) is 23.5 Å². The van der Waals surface area contributed by atoms with Crippen LogP contribution in [0, 0.1) is 0 Å². The fraction of sp³-hybridized carbons (Fsp3) is 0.267. The monoisotopic (exact) mass is 340 g/mol. The first-order valence-corrected chi connectivity index (χ1v) is 8.24. The molecule has 1 atom stereocenters. The Labute approximate surface area is 137 Å². The average Bonchev–Trinajstić information content (AvgIpc) is 2.93. The minimum atomic E-state index is -0.0652. The van der Waals surface area contributed by atoms with Gasteiger partial charge in [-0.05, 0) is 42.5 Å². The number of hydrogen-bond acceptors (Lipinski definition) is 3. The Morgan fingerprint density at radius 1 is 1.43 bits per heavy atom. The van der Waals surface area contributed by atoms with Crippen molar-refractivity contribution in [2.45, 2.75) is 19.4 Å². The average molecular weight is 341 g/mol. The van der Waals surface area contributed by atoms with Crippen molar-refractivity contribution in [3.63, 3.8) is 0 Å². The van der Waals surface area contributed by atoms with Gasteiger partial charge in [0.2, 0.25) is 0 Å². The van der Waals surface area contributed by atoms with Gasteiger partial charge in [-0.3, -0.25) is 4.79 Å². The zero-order valence-corrected chi connectivity index (χ0v) is 13.7. The van der Waals surface area contributed by atoms with Gasteiger partial charge in [0.05, 0.1) is 21.8 Å². The van der Waals surface area contributed by atoms with Crippen LogP contribution in [0.15, 0.2) is 23.6 Å². The van der Waals surface area contributed by atoms with Crippen LogP contribution in [-0.2, 0) is 6.42 Å². The molecule has 2 heterocycles. The van der Waals surface area contributed by atoms with E-state index in [1.165, 1.54) is 10.4 Å². The van der Waals surface area contributed by atoms with E-state index in [2.05, 4.69) is 11.4 Å². The van der Waals surface area contributed by atoms with Crippen LogP contribution >= 0.6 is 34.5 Å². The molecule has 2 aromatic rings. The number of amides is 1. The number of hydrogen-bond donors (Lipinski definition) is 1. The minimum Gasteiger partial charge on any atom is -0.397 e. The highest BCUT2D eigenvalue weighted by atomic mass is 35.5. The number of fused-ring (bicyclic) bond motifs is 1. The molecule has 6 heteroatoms. The van der Waals surface area contributed by atoms with E-state index >= 15 is 0 Å². The molecule has 21 heavy (non-hydrogen) atoms. The van der Waals surface area contributed by atoms with Gasteiger partial charge in [-0.2, -0.15) is 0 Å². The lowest BCUT2D eigenvalue weighted by molar-refractivity contribution is 0.0679. The molecular formula is C15H14Cl2N2OS. The van der Waals surface area contributed by atoms with Crippen LogP contribution < -0.4 is 5.73 Å². The molecule has 0 saturated carbocycles. The van der Waals surface area contributed by atoms with Gasteiger partial charge in [0, 0.05) is 17.0 Å². The van der Waals surface area contributed by atoms with E-state index in [4.69, 9.17) is 28.9 Å². The van der Waals surface area contributed by atoms with Gasteiger partial charge in [0.15, 0.2) is 0 Å².